The van der Waals surface area contributed by atoms with E-state index in [1.54, 1.807) is 13.3 Å². The molecule has 3 nitrogen and oxygen atoms in total. The molecule has 0 aliphatic carbocycles. The van der Waals surface area contributed by atoms with E-state index in [0.29, 0.717) is 11.8 Å². The highest BCUT2D eigenvalue weighted by atomic mass is 35.5. The lowest BCUT2D eigenvalue weighted by Crippen LogP contribution is -1.96. The smallest absolute Gasteiger partial charge is 0.232 e. The quantitative estimate of drug-likeness (QED) is 0.635. The van der Waals surface area contributed by atoms with E-state index in [0.717, 1.165) is 11.4 Å². The molecule has 0 atom stereocenters. The van der Waals surface area contributed by atoms with Crippen LogP contribution < -0.4 is 4.74 Å². The molecule has 11 heavy (non-hydrogen) atoms. The van der Waals surface area contributed by atoms with E-state index in [1.165, 1.54) is 0 Å². The van der Waals surface area contributed by atoms with Gasteiger partial charge in [-0.15, -0.1) is 11.6 Å². The van der Waals surface area contributed by atoms with Crippen LogP contribution >= 0.6 is 11.6 Å². The number of hydrogen-bond donors (Lipinski definition) is 0. The Hall–Kier alpha value is -0.830. The van der Waals surface area contributed by atoms with Gasteiger partial charge in [-0.25, -0.2) is 4.98 Å². The summed E-state index contributed by atoms with van der Waals surface area (Å²) in [5.41, 5.74) is 1.62. The van der Waals surface area contributed by atoms with Crippen LogP contribution in [0.1, 0.15) is 11.4 Å². The summed E-state index contributed by atoms with van der Waals surface area (Å²) in [6, 6.07) is 0. The molecule has 0 aliphatic rings. The highest BCUT2D eigenvalue weighted by molar-refractivity contribution is 6.16. The van der Waals surface area contributed by atoms with Crippen LogP contribution in [0.5, 0.6) is 5.88 Å². The molecule has 0 saturated heterocycles. The largest absolute Gasteiger partial charge is 0.480 e. The topological polar surface area (TPSA) is 35.0 Å². The Morgan fingerprint density at radius 1 is 1.64 bits per heavy atom. The van der Waals surface area contributed by atoms with Crippen LogP contribution in [0.4, 0.5) is 0 Å². The molecule has 0 bridgehead atoms. The van der Waals surface area contributed by atoms with Crippen molar-refractivity contribution in [2.45, 2.75) is 12.8 Å². The molecule has 0 aliphatic heterocycles. The highest BCUT2D eigenvalue weighted by Gasteiger charge is 2.00. The number of halogens is 1. The Kier molecular flexibility index (Phi) is 2.65. The van der Waals surface area contributed by atoms with Gasteiger partial charge in [0, 0.05) is 0 Å². The summed E-state index contributed by atoms with van der Waals surface area (Å²) in [7, 11) is 1.56. The number of ether oxygens (including phenoxy) is 1. The van der Waals surface area contributed by atoms with Crippen molar-refractivity contribution in [2.75, 3.05) is 7.11 Å². The van der Waals surface area contributed by atoms with Crippen molar-refractivity contribution in [1.29, 1.82) is 0 Å². The van der Waals surface area contributed by atoms with Gasteiger partial charge < -0.3 is 4.74 Å². The first-order valence-corrected chi connectivity index (χ1v) is 3.74. The zero-order valence-corrected chi connectivity index (χ0v) is 7.22. The standard InChI is InChI=1S/C7H9ClN2O/c1-5-6(3-8)9-4-7(10-5)11-2/h4H,3H2,1-2H3. The fourth-order valence-electron chi connectivity index (χ4n) is 0.715. The molecule has 1 heterocycles. The summed E-state index contributed by atoms with van der Waals surface area (Å²) in [5, 5.41) is 0. The van der Waals surface area contributed by atoms with Crippen molar-refractivity contribution < 1.29 is 4.74 Å². The summed E-state index contributed by atoms with van der Waals surface area (Å²) >= 11 is 5.58. The first kappa shape index (κ1) is 8.27. The normalized spacial score (nSPS) is 9.73. The number of rotatable bonds is 2. The van der Waals surface area contributed by atoms with Crippen molar-refractivity contribution in [3.05, 3.63) is 17.6 Å². The Morgan fingerprint density at radius 3 is 2.82 bits per heavy atom. The van der Waals surface area contributed by atoms with E-state index in [-0.39, 0.29) is 0 Å². The molecule has 60 valence electrons. The predicted molar refractivity (Wildman–Crippen MR) is 42.9 cm³/mol. The second kappa shape index (κ2) is 3.53. The van der Waals surface area contributed by atoms with Gasteiger partial charge in [0.25, 0.3) is 0 Å². The first-order valence-electron chi connectivity index (χ1n) is 3.20. The lowest BCUT2D eigenvalue weighted by Gasteiger charge is -2.01. The zero-order valence-electron chi connectivity index (χ0n) is 6.47. The first-order chi connectivity index (χ1) is 5.27. The summed E-state index contributed by atoms with van der Waals surface area (Å²) in [6.45, 7) is 1.85. The monoisotopic (exact) mass is 172 g/mol. The highest BCUT2D eigenvalue weighted by Crippen LogP contribution is 2.09. The summed E-state index contributed by atoms with van der Waals surface area (Å²) in [4.78, 5) is 8.14. The second-order valence-electron chi connectivity index (χ2n) is 2.08. The molecule has 0 spiro atoms. The van der Waals surface area contributed by atoms with E-state index in [9.17, 15) is 0 Å². The average Bonchev–Trinajstić information content (AvgIpc) is 2.04. The minimum absolute atomic E-state index is 0.392. The van der Waals surface area contributed by atoms with E-state index >= 15 is 0 Å². The van der Waals surface area contributed by atoms with E-state index in [4.69, 9.17) is 16.3 Å². The van der Waals surface area contributed by atoms with Crippen molar-refractivity contribution in [1.82, 2.24) is 9.97 Å². The van der Waals surface area contributed by atoms with Crippen LogP contribution in [-0.4, -0.2) is 17.1 Å². The number of nitrogens with zero attached hydrogens (tertiary/aromatic N) is 2. The Labute approximate surface area is 70.4 Å². The third-order valence-electron chi connectivity index (χ3n) is 1.36. The van der Waals surface area contributed by atoms with Gasteiger partial charge in [-0.2, -0.15) is 0 Å². The maximum Gasteiger partial charge on any atom is 0.232 e. The third-order valence-corrected chi connectivity index (χ3v) is 1.62. The van der Waals surface area contributed by atoms with Gasteiger partial charge in [0.2, 0.25) is 5.88 Å². The van der Waals surface area contributed by atoms with Crippen LogP contribution in [0.15, 0.2) is 6.20 Å². The Bertz CT molecular complexity index is 252. The SMILES string of the molecule is COc1cnc(CCl)c(C)n1. The summed E-state index contributed by atoms with van der Waals surface area (Å²) in [5.74, 6) is 0.916. The minimum atomic E-state index is 0.392. The van der Waals surface area contributed by atoms with E-state index < -0.39 is 0 Å². The Morgan fingerprint density at radius 2 is 2.36 bits per heavy atom. The van der Waals surface area contributed by atoms with E-state index in [2.05, 4.69) is 9.97 Å². The van der Waals surface area contributed by atoms with Gasteiger partial charge in [-0.1, -0.05) is 0 Å². The van der Waals surface area contributed by atoms with Gasteiger partial charge in [-0.05, 0) is 6.92 Å². The lowest BCUT2D eigenvalue weighted by atomic mass is 10.3. The Balaban J connectivity index is 2.99. The van der Waals surface area contributed by atoms with Crippen molar-refractivity contribution in [2.24, 2.45) is 0 Å². The maximum absolute atomic E-state index is 5.58. The predicted octanol–water partition coefficient (Wildman–Crippen LogP) is 1.53. The summed E-state index contributed by atoms with van der Waals surface area (Å²) in [6.07, 6.45) is 1.56. The molecule has 0 amide bonds. The number of aromatic nitrogens is 2. The number of aryl methyl sites for hydroxylation is 1. The van der Waals surface area contributed by atoms with Crippen molar-refractivity contribution in [3.63, 3.8) is 0 Å². The number of alkyl halides is 1. The zero-order chi connectivity index (χ0) is 8.27. The molecular weight excluding hydrogens is 164 g/mol. The fraction of sp³-hybridized carbons (Fsp3) is 0.429. The van der Waals surface area contributed by atoms with Crippen LogP contribution in [0, 0.1) is 6.92 Å². The van der Waals surface area contributed by atoms with Gasteiger partial charge in [0.1, 0.15) is 0 Å². The fourth-order valence-corrected chi connectivity index (χ4v) is 0.977. The van der Waals surface area contributed by atoms with E-state index in [1.807, 2.05) is 6.92 Å². The van der Waals surface area contributed by atoms with Crippen molar-refractivity contribution >= 4 is 11.6 Å². The molecule has 0 N–H and O–H groups in total. The maximum atomic E-state index is 5.58. The van der Waals surface area contributed by atoms with Gasteiger partial charge in [0.15, 0.2) is 0 Å². The molecule has 0 aromatic carbocycles. The van der Waals surface area contributed by atoms with Crippen LogP contribution in [0.3, 0.4) is 0 Å². The molecular formula is C7H9ClN2O. The van der Waals surface area contributed by atoms with Gasteiger partial charge >= 0.3 is 0 Å². The molecule has 4 heteroatoms. The van der Waals surface area contributed by atoms with Gasteiger partial charge in [0.05, 0.1) is 30.6 Å². The van der Waals surface area contributed by atoms with Gasteiger partial charge in [-0.3, -0.25) is 4.98 Å². The van der Waals surface area contributed by atoms with Crippen LogP contribution in [-0.2, 0) is 5.88 Å². The molecule has 0 unspecified atom stereocenters. The number of methoxy groups -OCH3 is 1. The second-order valence-corrected chi connectivity index (χ2v) is 2.35. The molecule has 1 aromatic heterocycles. The number of hydrogen-bond acceptors (Lipinski definition) is 3. The van der Waals surface area contributed by atoms with Crippen molar-refractivity contribution in [3.8, 4) is 5.88 Å². The third kappa shape index (κ3) is 1.80. The molecule has 1 aromatic rings. The molecule has 0 fully saturated rings. The average molecular weight is 173 g/mol. The van der Waals surface area contributed by atoms with Crippen LogP contribution in [0.2, 0.25) is 0 Å². The molecule has 0 saturated carbocycles. The van der Waals surface area contributed by atoms with Crippen LogP contribution in [0.25, 0.3) is 0 Å². The summed E-state index contributed by atoms with van der Waals surface area (Å²) < 4.78 is 4.88. The molecule has 0 radical (unpaired) electrons. The lowest BCUT2D eigenvalue weighted by molar-refractivity contribution is 0.394. The molecule has 1 rings (SSSR count). The minimum Gasteiger partial charge on any atom is -0.480 e.